The van der Waals surface area contributed by atoms with Crippen LogP contribution in [0.5, 0.6) is 5.95 Å². The fourth-order valence-corrected chi connectivity index (χ4v) is 4.21. The van der Waals surface area contributed by atoms with E-state index in [0.717, 1.165) is 27.9 Å². The molecular weight excluding hydrogens is 466 g/mol. The molecule has 4 aromatic rings. The quantitative estimate of drug-likeness (QED) is 0.407. The molecule has 1 aromatic carbocycles. The lowest BCUT2D eigenvalue weighted by molar-refractivity contribution is -0.125. The van der Waals surface area contributed by atoms with Crippen molar-refractivity contribution in [1.29, 1.82) is 0 Å². The number of aryl methyl sites for hydroxylation is 2. The zero-order valence-electron chi connectivity index (χ0n) is 19.7. The Labute approximate surface area is 205 Å². The number of amides is 2. The lowest BCUT2D eigenvalue weighted by Gasteiger charge is -2.27. The molecule has 0 spiro atoms. The molecule has 0 saturated heterocycles. The van der Waals surface area contributed by atoms with Gasteiger partial charge < -0.3 is 23.3 Å². The number of aromatic hydroxyl groups is 1. The Morgan fingerprint density at radius 3 is 2.72 bits per heavy atom. The number of rotatable bonds is 6. The summed E-state index contributed by atoms with van der Waals surface area (Å²) < 4.78 is 15.2. The minimum absolute atomic E-state index is 0.153. The first-order chi connectivity index (χ1) is 17.3. The Balaban J connectivity index is 1.30. The molecule has 2 amide bonds. The zero-order chi connectivity index (χ0) is 25.4. The van der Waals surface area contributed by atoms with Crippen molar-refractivity contribution in [2.24, 2.45) is 0 Å². The standard InChI is InChI=1S/C26H23N3O7/c1-15-18-5-3-4-6-19(18)34-20(15)13-28(2)22(30)9-7-16-11-17-8-10-23(31)29(24(17)27-12-16)14-21-25(32)36-26(33)35-21/h3-7,9,11-12,32H,8,10,13-14H2,1-2H3/b9-7+. The van der Waals surface area contributed by atoms with Crippen LogP contribution in [0.2, 0.25) is 0 Å². The highest BCUT2D eigenvalue weighted by molar-refractivity contribution is 5.95. The smallest absolute Gasteiger partial charge is 0.478 e. The van der Waals surface area contributed by atoms with E-state index in [0.29, 0.717) is 24.3 Å². The molecule has 0 bridgehead atoms. The number of hydrogen-bond donors (Lipinski definition) is 1. The summed E-state index contributed by atoms with van der Waals surface area (Å²) in [6, 6.07) is 9.60. The highest BCUT2D eigenvalue weighted by atomic mass is 16.6. The first-order valence-electron chi connectivity index (χ1n) is 11.3. The van der Waals surface area contributed by atoms with Gasteiger partial charge in [-0.2, -0.15) is 0 Å². The lowest BCUT2D eigenvalue weighted by atomic mass is 10.0. The summed E-state index contributed by atoms with van der Waals surface area (Å²) in [5.41, 5.74) is 3.29. The fraction of sp³-hybridized carbons (Fsp3) is 0.231. The van der Waals surface area contributed by atoms with Gasteiger partial charge in [0.1, 0.15) is 17.2 Å². The monoisotopic (exact) mass is 489 g/mol. The van der Waals surface area contributed by atoms with Crippen molar-refractivity contribution in [3.05, 3.63) is 81.4 Å². The van der Waals surface area contributed by atoms with Crippen LogP contribution in [0.4, 0.5) is 5.82 Å². The molecular formula is C26H23N3O7. The molecule has 184 valence electrons. The van der Waals surface area contributed by atoms with E-state index < -0.39 is 11.8 Å². The van der Waals surface area contributed by atoms with E-state index >= 15 is 0 Å². The van der Waals surface area contributed by atoms with E-state index in [-0.39, 0.29) is 30.5 Å². The second kappa shape index (κ2) is 9.21. The fourth-order valence-electron chi connectivity index (χ4n) is 4.21. The molecule has 4 heterocycles. The maximum atomic E-state index is 12.7. The maximum absolute atomic E-state index is 12.7. The van der Waals surface area contributed by atoms with Crippen LogP contribution < -0.4 is 10.7 Å². The molecule has 10 nitrogen and oxygen atoms in total. The molecule has 0 saturated carbocycles. The molecule has 1 N–H and O–H groups in total. The van der Waals surface area contributed by atoms with Gasteiger partial charge in [0.2, 0.25) is 17.6 Å². The number of likely N-dealkylation sites (N-methyl/N-ethyl adjacent to an activating group) is 1. The van der Waals surface area contributed by atoms with Crippen LogP contribution in [0.1, 0.15) is 34.6 Å². The van der Waals surface area contributed by atoms with Crippen LogP contribution in [-0.4, -0.2) is 33.9 Å². The number of furan rings is 1. The predicted molar refractivity (Wildman–Crippen MR) is 129 cm³/mol. The molecule has 0 unspecified atom stereocenters. The van der Waals surface area contributed by atoms with Crippen molar-refractivity contribution >= 4 is 34.7 Å². The van der Waals surface area contributed by atoms with Gasteiger partial charge in [-0.05, 0) is 42.7 Å². The van der Waals surface area contributed by atoms with Gasteiger partial charge >= 0.3 is 11.8 Å². The van der Waals surface area contributed by atoms with Crippen molar-refractivity contribution in [2.75, 3.05) is 11.9 Å². The van der Waals surface area contributed by atoms with Crippen LogP contribution in [0, 0.1) is 6.92 Å². The molecule has 0 radical (unpaired) electrons. The topological polar surface area (TPSA) is 130 Å². The number of carbonyl (C=O) groups is 2. The van der Waals surface area contributed by atoms with Crippen molar-refractivity contribution in [2.45, 2.75) is 32.9 Å². The SMILES string of the molecule is Cc1c(CN(C)C(=O)/C=C/c2cnc3c(c2)CCC(=O)N3Cc2oc(=O)oc2O)oc2ccccc12. The van der Waals surface area contributed by atoms with Crippen LogP contribution in [-0.2, 0) is 29.1 Å². The number of anilines is 1. The minimum atomic E-state index is -1.05. The second-order valence-electron chi connectivity index (χ2n) is 8.59. The van der Waals surface area contributed by atoms with E-state index in [1.165, 1.54) is 11.0 Å². The van der Waals surface area contributed by atoms with Crippen LogP contribution in [0.15, 0.2) is 60.7 Å². The van der Waals surface area contributed by atoms with Crippen molar-refractivity contribution in [1.82, 2.24) is 9.88 Å². The maximum Gasteiger partial charge on any atom is 0.521 e. The Morgan fingerprint density at radius 2 is 1.97 bits per heavy atom. The third-order valence-corrected chi connectivity index (χ3v) is 6.17. The molecule has 1 aliphatic rings. The molecule has 0 aliphatic carbocycles. The lowest BCUT2D eigenvalue weighted by Crippen LogP contribution is -2.35. The van der Waals surface area contributed by atoms with Gasteiger partial charge in [0.05, 0.1) is 13.1 Å². The van der Waals surface area contributed by atoms with Gasteiger partial charge in [-0.3, -0.25) is 14.5 Å². The van der Waals surface area contributed by atoms with E-state index in [2.05, 4.69) is 9.40 Å². The number of fused-ring (bicyclic) bond motifs is 2. The van der Waals surface area contributed by atoms with Crippen molar-refractivity contribution < 1.29 is 27.9 Å². The van der Waals surface area contributed by atoms with E-state index in [1.54, 1.807) is 24.2 Å². The normalized spacial score (nSPS) is 13.5. The number of aromatic nitrogens is 1. The highest BCUT2D eigenvalue weighted by Crippen LogP contribution is 2.30. The van der Waals surface area contributed by atoms with Gasteiger partial charge in [0.15, 0.2) is 0 Å². The summed E-state index contributed by atoms with van der Waals surface area (Å²) in [5.74, 6) is -1.16. The summed E-state index contributed by atoms with van der Waals surface area (Å²) in [6.45, 7) is 2.13. The van der Waals surface area contributed by atoms with Gasteiger partial charge in [-0.15, -0.1) is 0 Å². The summed E-state index contributed by atoms with van der Waals surface area (Å²) in [5, 5.41) is 10.7. The molecule has 0 atom stereocenters. The molecule has 3 aromatic heterocycles. The Hall–Kier alpha value is -4.60. The van der Waals surface area contributed by atoms with Gasteiger partial charge in [0, 0.05) is 36.7 Å². The number of para-hydroxylation sites is 1. The largest absolute Gasteiger partial charge is 0.521 e. The third kappa shape index (κ3) is 4.40. The Kier molecular flexibility index (Phi) is 5.93. The Morgan fingerprint density at radius 1 is 1.17 bits per heavy atom. The van der Waals surface area contributed by atoms with Gasteiger partial charge in [0.25, 0.3) is 0 Å². The Bertz CT molecular complexity index is 1560. The van der Waals surface area contributed by atoms with Crippen LogP contribution in [0.25, 0.3) is 17.0 Å². The molecule has 1 aliphatic heterocycles. The number of carbonyl (C=O) groups excluding carboxylic acids is 2. The number of nitrogens with zero attached hydrogens (tertiary/aromatic N) is 3. The molecule has 36 heavy (non-hydrogen) atoms. The number of pyridine rings is 1. The number of hydrogen-bond acceptors (Lipinski definition) is 8. The van der Waals surface area contributed by atoms with E-state index in [9.17, 15) is 19.5 Å². The first kappa shape index (κ1) is 23.2. The summed E-state index contributed by atoms with van der Waals surface area (Å²) in [6.07, 6.45) is 5.37. The average molecular weight is 489 g/mol. The summed E-state index contributed by atoms with van der Waals surface area (Å²) >= 11 is 0. The second-order valence-corrected chi connectivity index (χ2v) is 8.59. The van der Waals surface area contributed by atoms with Gasteiger partial charge in [-0.25, -0.2) is 9.78 Å². The van der Waals surface area contributed by atoms with Gasteiger partial charge in [-0.1, -0.05) is 18.2 Å². The van der Waals surface area contributed by atoms with E-state index in [1.807, 2.05) is 37.3 Å². The summed E-state index contributed by atoms with van der Waals surface area (Å²) in [7, 11) is 1.71. The van der Waals surface area contributed by atoms with Crippen LogP contribution >= 0.6 is 0 Å². The first-order valence-corrected chi connectivity index (χ1v) is 11.3. The minimum Gasteiger partial charge on any atom is -0.478 e. The average Bonchev–Trinajstić information content (AvgIpc) is 3.36. The summed E-state index contributed by atoms with van der Waals surface area (Å²) in [4.78, 5) is 43.7. The predicted octanol–water partition coefficient (Wildman–Crippen LogP) is 3.54. The van der Waals surface area contributed by atoms with Crippen LogP contribution in [0.3, 0.4) is 0 Å². The molecule has 5 rings (SSSR count). The van der Waals surface area contributed by atoms with E-state index in [4.69, 9.17) is 8.83 Å². The molecule has 10 heteroatoms. The van der Waals surface area contributed by atoms with Crippen molar-refractivity contribution in [3.8, 4) is 5.95 Å². The third-order valence-electron chi connectivity index (χ3n) is 6.17. The number of benzene rings is 1. The molecule has 0 fully saturated rings. The highest BCUT2D eigenvalue weighted by Gasteiger charge is 2.28. The van der Waals surface area contributed by atoms with Crippen molar-refractivity contribution in [3.63, 3.8) is 0 Å². The zero-order valence-corrected chi connectivity index (χ0v) is 19.7.